The molecule has 0 N–H and O–H groups in total. The van der Waals surface area contributed by atoms with Crippen LogP contribution in [0.25, 0.3) is 22.2 Å². The Labute approximate surface area is 152 Å². The van der Waals surface area contributed by atoms with Crippen molar-refractivity contribution in [3.05, 3.63) is 48.8 Å². The first kappa shape index (κ1) is 16.7. The lowest BCUT2D eigenvalue weighted by Gasteiger charge is -2.27. The van der Waals surface area contributed by atoms with Crippen molar-refractivity contribution < 1.29 is 4.79 Å². The molecule has 132 valence electrons. The van der Waals surface area contributed by atoms with E-state index in [9.17, 15) is 4.79 Å². The van der Waals surface area contributed by atoms with Crippen molar-refractivity contribution in [3.63, 3.8) is 0 Å². The summed E-state index contributed by atoms with van der Waals surface area (Å²) in [7, 11) is 2.10. The van der Waals surface area contributed by atoms with Crippen LogP contribution in [0.15, 0.2) is 43.1 Å². The maximum absolute atomic E-state index is 12.6. The average Bonchev–Trinajstić information content (AvgIpc) is 2.68. The van der Waals surface area contributed by atoms with E-state index in [4.69, 9.17) is 0 Å². The lowest BCUT2D eigenvalue weighted by Crippen LogP contribution is -2.34. The highest BCUT2D eigenvalue weighted by Crippen LogP contribution is 2.22. The molecule has 1 aliphatic rings. The molecule has 1 aliphatic heterocycles. The van der Waals surface area contributed by atoms with Gasteiger partial charge in [-0.05, 0) is 45.1 Å². The molecule has 0 amide bonds. The minimum absolute atomic E-state index is 0.160. The molecule has 4 rings (SSSR count). The van der Waals surface area contributed by atoms with E-state index < -0.39 is 0 Å². The van der Waals surface area contributed by atoms with E-state index in [-0.39, 0.29) is 5.92 Å². The Morgan fingerprint density at radius 3 is 2.69 bits per heavy atom. The Morgan fingerprint density at radius 2 is 1.92 bits per heavy atom. The zero-order chi connectivity index (χ0) is 17.9. The van der Waals surface area contributed by atoms with Crippen LogP contribution in [-0.2, 0) is 11.2 Å². The fourth-order valence-electron chi connectivity index (χ4n) is 3.41. The number of nitrogens with zero attached hydrogens (tertiary/aromatic N) is 5. The second kappa shape index (κ2) is 7.25. The average molecular weight is 347 g/mol. The molecule has 0 unspecified atom stereocenters. The van der Waals surface area contributed by atoms with E-state index in [1.54, 1.807) is 31.0 Å². The summed E-state index contributed by atoms with van der Waals surface area (Å²) < 4.78 is 0. The molecule has 3 aromatic rings. The molecule has 0 atom stereocenters. The van der Waals surface area contributed by atoms with Crippen molar-refractivity contribution in [3.8, 4) is 11.3 Å². The normalized spacial score (nSPS) is 16.0. The number of ketones is 1. The van der Waals surface area contributed by atoms with Crippen LogP contribution in [-0.4, -0.2) is 50.8 Å². The summed E-state index contributed by atoms with van der Waals surface area (Å²) >= 11 is 0. The summed E-state index contributed by atoms with van der Waals surface area (Å²) in [5.41, 5.74) is 3.31. The summed E-state index contributed by atoms with van der Waals surface area (Å²) in [6, 6.07) is 3.99. The van der Waals surface area contributed by atoms with Crippen molar-refractivity contribution in [2.45, 2.75) is 19.3 Å². The number of likely N-dealkylation sites (tertiary alicyclic amines) is 1. The third kappa shape index (κ3) is 3.60. The van der Waals surface area contributed by atoms with Crippen molar-refractivity contribution in [1.82, 2.24) is 24.8 Å². The monoisotopic (exact) mass is 347 g/mol. The number of hydrogen-bond acceptors (Lipinski definition) is 6. The minimum Gasteiger partial charge on any atom is -0.306 e. The standard InChI is InChI=1S/C20H21N5O/c1-25-6-2-14(3-7-25)20(26)10-17-9-15-8-16(11-24-19(15)13-23-17)18-12-21-4-5-22-18/h4-5,8-9,11-14H,2-3,6-7,10H2,1H3. The number of pyridine rings is 2. The minimum atomic E-state index is 0.160. The van der Waals surface area contributed by atoms with Crippen molar-refractivity contribution >= 4 is 16.7 Å². The van der Waals surface area contributed by atoms with Crippen LogP contribution in [0.1, 0.15) is 18.5 Å². The van der Waals surface area contributed by atoms with Gasteiger partial charge in [-0.1, -0.05) is 0 Å². The van der Waals surface area contributed by atoms with E-state index in [1.165, 1.54) is 0 Å². The number of carbonyl (C=O) groups excluding carboxylic acids is 1. The van der Waals surface area contributed by atoms with Crippen molar-refractivity contribution in [2.75, 3.05) is 20.1 Å². The molecular formula is C20H21N5O. The Hall–Kier alpha value is -2.73. The van der Waals surface area contributed by atoms with Gasteiger partial charge in [0.15, 0.2) is 0 Å². The predicted octanol–water partition coefficient (Wildman–Crippen LogP) is 2.54. The molecule has 1 fully saturated rings. The summed E-state index contributed by atoms with van der Waals surface area (Å²) in [6.07, 6.45) is 10.8. The van der Waals surface area contributed by atoms with Gasteiger partial charge in [0.25, 0.3) is 0 Å². The summed E-state index contributed by atoms with van der Waals surface area (Å²) in [5.74, 6) is 0.454. The van der Waals surface area contributed by atoms with Crippen LogP contribution in [0.5, 0.6) is 0 Å². The molecule has 0 bridgehead atoms. The number of aromatic nitrogens is 4. The van der Waals surface area contributed by atoms with Gasteiger partial charge in [-0.3, -0.25) is 24.7 Å². The first-order valence-electron chi connectivity index (χ1n) is 8.91. The van der Waals surface area contributed by atoms with Crippen LogP contribution < -0.4 is 0 Å². The van der Waals surface area contributed by atoms with Crippen LogP contribution in [0.4, 0.5) is 0 Å². The number of carbonyl (C=O) groups is 1. The zero-order valence-electron chi connectivity index (χ0n) is 14.8. The summed E-state index contributed by atoms with van der Waals surface area (Å²) in [4.78, 5) is 32.2. The van der Waals surface area contributed by atoms with Gasteiger partial charge in [0.05, 0.1) is 23.6 Å². The van der Waals surface area contributed by atoms with E-state index in [0.717, 1.165) is 53.8 Å². The topological polar surface area (TPSA) is 71.9 Å². The molecule has 6 nitrogen and oxygen atoms in total. The highest BCUT2D eigenvalue weighted by molar-refractivity contribution is 5.86. The lowest BCUT2D eigenvalue weighted by atomic mass is 9.90. The number of piperidine rings is 1. The third-order valence-corrected chi connectivity index (χ3v) is 5.01. The number of hydrogen-bond donors (Lipinski definition) is 0. The van der Waals surface area contributed by atoms with Crippen molar-refractivity contribution in [2.24, 2.45) is 5.92 Å². The molecule has 3 aromatic heterocycles. The van der Waals surface area contributed by atoms with E-state index in [2.05, 4.69) is 31.9 Å². The first-order chi connectivity index (χ1) is 12.7. The van der Waals surface area contributed by atoms with Crippen LogP contribution >= 0.6 is 0 Å². The Kier molecular flexibility index (Phi) is 4.67. The van der Waals surface area contributed by atoms with E-state index >= 15 is 0 Å². The smallest absolute Gasteiger partial charge is 0.142 e. The van der Waals surface area contributed by atoms with Gasteiger partial charge < -0.3 is 4.90 Å². The molecule has 0 radical (unpaired) electrons. The number of Topliss-reactive ketones (excluding diaryl/α,β-unsaturated/α-hetero) is 1. The van der Waals surface area contributed by atoms with Crippen molar-refractivity contribution in [1.29, 1.82) is 0 Å². The molecule has 0 spiro atoms. The second-order valence-electron chi connectivity index (χ2n) is 6.90. The summed E-state index contributed by atoms with van der Waals surface area (Å²) in [6.45, 7) is 1.99. The Morgan fingerprint density at radius 1 is 1.08 bits per heavy atom. The van der Waals surface area contributed by atoms with Gasteiger partial charge in [-0.25, -0.2) is 0 Å². The second-order valence-corrected chi connectivity index (χ2v) is 6.90. The highest BCUT2D eigenvalue weighted by Gasteiger charge is 2.23. The van der Waals surface area contributed by atoms with Gasteiger partial charge in [0, 0.05) is 47.6 Å². The Bertz CT molecular complexity index is 920. The molecule has 0 saturated carbocycles. The van der Waals surface area contributed by atoms with E-state index in [0.29, 0.717) is 12.2 Å². The third-order valence-electron chi connectivity index (χ3n) is 5.01. The number of fused-ring (bicyclic) bond motifs is 1. The summed E-state index contributed by atoms with van der Waals surface area (Å²) in [5, 5.41) is 0.967. The maximum atomic E-state index is 12.6. The van der Waals surface area contributed by atoms with Crippen LogP contribution in [0, 0.1) is 5.92 Å². The molecular weight excluding hydrogens is 326 g/mol. The van der Waals surface area contributed by atoms with Gasteiger partial charge in [0.2, 0.25) is 0 Å². The highest BCUT2D eigenvalue weighted by atomic mass is 16.1. The number of rotatable bonds is 4. The zero-order valence-corrected chi connectivity index (χ0v) is 14.8. The molecule has 1 saturated heterocycles. The molecule has 4 heterocycles. The van der Waals surface area contributed by atoms with Gasteiger partial charge in [-0.15, -0.1) is 0 Å². The van der Waals surface area contributed by atoms with Gasteiger partial charge in [0.1, 0.15) is 5.78 Å². The first-order valence-corrected chi connectivity index (χ1v) is 8.91. The molecule has 6 heteroatoms. The largest absolute Gasteiger partial charge is 0.306 e. The molecule has 0 aromatic carbocycles. The molecule has 0 aliphatic carbocycles. The van der Waals surface area contributed by atoms with Gasteiger partial charge >= 0.3 is 0 Å². The molecule has 26 heavy (non-hydrogen) atoms. The fraction of sp³-hybridized carbons (Fsp3) is 0.350. The SMILES string of the molecule is CN1CCC(C(=O)Cc2cc3cc(-c4cnccn4)cnc3cn2)CC1. The fourth-order valence-corrected chi connectivity index (χ4v) is 3.41. The van der Waals surface area contributed by atoms with Crippen LogP contribution in [0.2, 0.25) is 0 Å². The maximum Gasteiger partial charge on any atom is 0.142 e. The van der Waals surface area contributed by atoms with Crippen LogP contribution in [0.3, 0.4) is 0 Å². The van der Waals surface area contributed by atoms with Gasteiger partial charge in [-0.2, -0.15) is 0 Å². The van der Waals surface area contributed by atoms with E-state index in [1.807, 2.05) is 12.1 Å². The quantitative estimate of drug-likeness (QED) is 0.722. The predicted molar refractivity (Wildman–Crippen MR) is 99.5 cm³/mol. The Balaban J connectivity index is 1.55. The lowest BCUT2D eigenvalue weighted by molar-refractivity contribution is -0.123.